The Labute approximate surface area is 305 Å². The van der Waals surface area contributed by atoms with E-state index >= 15 is 0 Å². The fourth-order valence-electron chi connectivity index (χ4n) is 5.75. The van der Waals surface area contributed by atoms with Crippen molar-refractivity contribution >= 4 is 35.7 Å². The molecule has 1 aliphatic rings. The zero-order valence-electron chi connectivity index (χ0n) is 29.2. The number of rotatable bonds is 14. The van der Waals surface area contributed by atoms with Crippen LogP contribution < -0.4 is 5.32 Å². The number of aromatic hydroxyl groups is 2. The molecular weight excluding hydrogens is 689 g/mol. The monoisotopic (exact) mass is 730 g/mol. The van der Waals surface area contributed by atoms with Crippen LogP contribution in [0.15, 0.2) is 71.6 Å². The van der Waals surface area contributed by atoms with Crippen LogP contribution in [0.3, 0.4) is 0 Å². The summed E-state index contributed by atoms with van der Waals surface area (Å²) in [6.45, 7) is 8.09. The van der Waals surface area contributed by atoms with Crippen LogP contribution in [0.4, 0.5) is 0 Å². The van der Waals surface area contributed by atoms with E-state index in [1.165, 1.54) is 18.0 Å². The van der Waals surface area contributed by atoms with Gasteiger partial charge < -0.3 is 30.3 Å². The number of nitrogens with one attached hydrogen (secondary N) is 1. The second-order valence-corrected chi connectivity index (χ2v) is 13.7. The molecule has 3 aromatic carbocycles. The van der Waals surface area contributed by atoms with E-state index in [0.29, 0.717) is 49.5 Å². The average Bonchev–Trinajstić information content (AvgIpc) is 3.56. The van der Waals surface area contributed by atoms with Gasteiger partial charge in [-0.05, 0) is 66.2 Å². The molecule has 1 fully saturated rings. The number of amides is 2. The maximum atomic E-state index is 13.0. The Hall–Kier alpha value is -5.41. The molecule has 52 heavy (non-hydrogen) atoms. The summed E-state index contributed by atoms with van der Waals surface area (Å²) in [6.07, 6.45) is -1.57. The number of carboxylic acids is 1. The van der Waals surface area contributed by atoms with Crippen molar-refractivity contribution in [2.24, 2.45) is 0 Å². The number of phenols is 2. The highest BCUT2D eigenvalue weighted by molar-refractivity contribution is 7.97. The first-order valence-electron chi connectivity index (χ1n) is 17.0. The number of aliphatic carboxylic acids is 1. The van der Waals surface area contributed by atoms with Crippen molar-refractivity contribution in [2.45, 2.75) is 57.0 Å². The van der Waals surface area contributed by atoms with Gasteiger partial charge in [-0.3, -0.25) is 19.0 Å². The van der Waals surface area contributed by atoms with E-state index in [0.717, 1.165) is 10.5 Å². The lowest BCUT2D eigenvalue weighted by Crippen LogP contribution is -2.46. The number of ether oxygens (including phenoxy) is 1. The minimum atomic E-state index is -1.33. The van der Waals surface area contributed by atoms with Gasteiger partial charge in [0.1, 0.15) is 11.5 Å². The molecule has 2 heterocycles. The molecule has 2 amide bonds. The van der Waals surface area contributed by atoms with Gasteiger partial charge in [-0.25, -0.2) is 9.10 Å². The Morgan fingerprint density at radius 1 is 0.904 bits per heavy atom. The second kappa shape index (κ2) is 17.2. The molecule has 14 nitrogen and oxygen atoms in total. The highest BCUT2D eigenvalue weighted by Gasteiger charge is 2.27. The fraction of sp³-hybridized carbons (Fsp3) is 0.351. The molecule has 0 spiro atoms. The number of hydrogen-bond donors (Lipinski definition) is 4. The number of hydrogen-bond acceptors (Lipinski definition) is 11. The quantitative estimate of drug-likeness (QED) is 0.106. The normalized spacial score (nSPS) is 13.9. The molecule has 274 valence electrons. The van der Waals surface area contributed by atoms with Gasteiger partial charge in [0, 0.05) is 62.2 Å². The van der Waals surface area contributed by atoms with Crippen LogP contribution in [0.2, 0.25) is 0 Å². The van der Waals surface area contributed by atoms with E-state index in [4.69, 9.17) is 4.74 Å². The lowest BCUT2D eigenvalue weighted by Gasteiger charge is -2.34. The zero-order chi connectivity index (χ0) is 37.4. The van der Waals surface area contributed by atoms with E-state index < -0.39 is 23.9 Å². The van der Waals surface area contributed by atoms with Gasteiger partial charge in [-0.1, -0.05) is 44.2 Å². The smallest absolute Gasteiger partial charge is 0.345 e. The Morgan fingerprint density at radius 3 is 2.23 bits per heavy atom. The van der Waals surface area contributed by atoms with Crippen LogP contribution in [0.1, 0.15) is 61.3 Å². The summed E-state index contributed by atoms with van der Waals surface area (Å²) < 4.78 is 8.88. The Kier molecular flexibility index (Phi) is 12.5. The fourth-order valence-corrected chi connectivity index (χ4v) is 6.65. The van der Waals surface area contributed by atoms with Crippen molar-refractivity contribution in [3.63, 3.8) is 0 Å². The number of carbonyl (C=O) groups is 4. The lowest BCUT2D eigenvalue weighted by atomic mass is 9.98. The Morgan fingerprint density at radius 2 is 1.60 bits per heavy atom. The highest BCUT2D eigenvalue weighted by atomic mass is 32.2. The maximum absolute atomic E-state index is 13.0. The number of carbonyl (C=O) groups excluding carboxylic acids is 3. The molecule has 1 aromatic heterocycles. The molecule has 5 rings (SSSR count). The van der Waals surface area contributed by atoms with Crippen molar-refractivity contribution in [3.05, 3.63) is 83.7 Å². The molecule has 0 aliphatic carbocycles. The summed E-state index contributed by atoms with van der Waals surface area (Å²) in [5.41, 5.74) is 2.25. The van der Waals surface area contributed by atoms with Crippen LogP contribution >= 0.6 is 11.9 Å². The summed E-state index contributed by atoms with van der Waals surface area (Å²) in [6, 6.07) is 19.2. The maximum Gasteiger partial charge on any atom is 0.345 e. The van der Waals surface area contributed by atoms with Gasteiger partial charge in [0.25, 0.3) is 5.91 Å². The number of nitrogens with zero attached hydrogens (tertiary/aromatic N) is 5. The number of carboxylic acid groups (broad SMARTS) is 1. The molecule has 4 N–H and O–H groups in total. The summed E-state index contributed by atoms with van der Waals surface area (Å²) >= 11 is 1.52. The number of esters is 1. The third-order valence-corrected chi connectivity index (χ3v) is 9.59. The van der Waals surface area contributed by atoms with Crippen LogP contribution in [0.25, 0.3) is 17.1 Å². The number of benzene rings is 3. The first-order chi connectivity index (χ1) is 24.9. The van der Waals surface area contributed by atoms with Gasteiger partial charge in [0.2, 0.25) is 17.8 Å². The lowest BCUT2D eigenvalue weighted by molar-refractivity contribution is -0.164. The van der Waals surface area contributed by atoms with E-state index in [-0.39, 0.29) is 54.2 Å². The van der Waals surface area contributed by atoms with E-state index in [2.05, 4.69) is 19.8 Å². The summed E-state index contributed by atoms with van der Waals surface area (Å²) in [5.74, 6) is -2.60. The van der Waals surface area contributed by atoms with Crippen LogP contribution in [0.5, 0.6) is 11.5 Å². The summed E-state index contributed by atoms with van der Waals surface area (Å²) in [7, 11) is 0. The molecule has 0 bridgehead atoms. The van der Waals surface area contributed by atoms with Gasteiger partial charge in [0.05, 0.1) is 12.0 Å². The van der Waals surface area contributed by atoms with Gasteiger partial charge in [0.15, 0.2) is 5.82 Å². The minimum absolute atomic E-state index is 0.0385. The topological polar surface area (TPSA) is 187 Å². The Balaban J connectivity index is 1.19. The Bertz CT molecular complexity index is 1890. The first-order valence-corrected chi connectivity index (χ1v) is 17.8. The molecule has 0 unspecified atom stereocenters. The number of piperazine rings is 1. The summed E-state index contributed by atoms with van der Waals surface area (Å²) in [4.78, 5) is 52.5. The van der Waals surface area contributed by atoms with Gasteiger partial charge in [-0.15, -0.1) is 10.2 Å². The third kappa shape index (κ3) is 9.27. The van der Waals surface area contributed by atoms with Crippen LogP contribution in [0, 0.1) is 0 Å². The highest BCUT2D eigenvalue weighted by Crippen LogP contribution is 2.38. The first kappa shape index (κ1) is 37.8. The molecule has 15 heteroatoms. The van der Waals surface area contributed by atoms with Crippen molar-refractivity contribution in [3.8, 4) is 28.6 Å². The van der Waals surface area contributed by atoms with Crippen molar-refractivity contribution in [2.75, 3.05) is 32.7 Å². The van der Waals surface area contributed by atoms with E-state index in [9.17, 15) is 34.5 Å². The van der Waals surface area contributed by atoms with Crippen LogP contribution in [-0.2, 0) is 25.5 Å². The van der Waals surface area contributed by atoms with Crippen LogP contribution in [-0.4, -0.2) is 102 Å². The zero-order valence-corrected chi connectivity index (χ0v) is 30.0. The van der Waals surface area contributed by atoms with E-state index in [1.807, 2.05) is 44.2 Å². The SMILES string of the molecule is CCNC(=O)c1nnc(-c2cc(C(C)C)c(O)cc2O)n1-c1ccc(SN2CCN(C(=O)CCC(=O)O[C@H](Cc3ccccc3)C(=O)O)CC2)cc1. The molecular formula is C37H42N6O8S. The predicted octanol–water partition coefficient (Wildman–Crippen LogP) is 4.39. The van der Waals surface area contributed by atoms with Crippen molar-refractivity contribution in [1.29, 1.82) is 0 Å². The molecule has 0 saturated carbocycles. The minimum Gasteiger partial charge on any atom is -0.508 e. The van der Waals surface area contributed by atoms with Crippen molar-refractivity contribution < 1.29 is 39.2 Å². The average molecular weight is 731 g/mol. The summed E-state index contributed by atoms with van der Waals surface area (Å²) in [5, 5.41) is 41.8. The van der Waals surface area contributed by atoms with Gasteiger partial charge in [-0.2, -0.15) is 0 Å². The second-order valence-electron chi connectivity index (χ2n) is 12.5. The number of aromatic nitrogens is 3. The molecule has 1 atom stereocenters. The molecule has 1 aliphatic heterocycles. The third-order valence-electron chi connectivity index (χ3n) is 8.49. The molecule has 1 saturated heterocycles. The molecule has 4 aromatic rings. The molecule has 0 radical (unpaired) electrons. The standard InChI is InChI=1S/C37H42N6O8S/c1-4-38-36(48)35-40-39-34(28-21-27(23(2)3)29(44)22-30(28)45)43(35)25-10-12-26(13-11-25)52-42-18-16-41(17-19-42)32(46)14-15-33(47)51-31(37(49)50)20-24-8-6-5-7-9-24/h5-13,21-23,31,44-45H,4,14-20H2,1-3H3,(H,38,48)(H,49,50)/t31-/m1/s1. The number of phenolic OH excluding ortho intramolecular Hbond substituents is 2. The van der Waals surface area contributed by atoms with E-state index in [1.54, 1.807) is 46.7 Å². The predicted molar refractivity (Wildman–Crippen MR) is 193 cm³/mol. The van der Waals surface area contributed by atoms with Gasteiger partial charge >= 0.3 is 11.9 Å². The largest absolute Gasteiger partial charge is 0.508 e. The van der Waals surface area contributed by atoms with Crippen molar-refractivity contribution in [1.82, 2.24) is 29.3 Å².